The Morgan fingerprint density at radius 1 is 1.28 bits per heavy atom. The largest absolute Gasteiger partial charge is 0.314 e. The third-order valence-electron chi connectivity index (χ3n) is 4.43. The van der Waals surface area contributed by atoms with Crippen LogP contribution in [0.15, 0.2) is 49.1 Å². The van der Waals surface area contributed by atoms with E-state index in [1.807, 2.05) is 47.7 Å². The van der Waals surface area contributed by atoms with E-state index in [9.17, 15) is 0 Å². The normalized spacial score (nSPS) is 18.0. The van der Waals surface area contributed by atoms with Gasteiger partial charge in [0.15, 0.2) is 0 Å². The molecule has 0 bridgehead atoms. The number of hydrogen-bond donors (Lipinski definition) is 1. The summed E-state index contributed by atoms with van der Waals surface area (Å²) in [6.07, 6.45) is 7.82. The third-order valence-corrected chi connectivity index (χ3v) is 5.55. The molecule has 1 saturated heterocycles. The molecule has 1 atom stereocenters. The summed E-state index contributed by atoms with van der Waals surface area (Å²) in [6, 6.07) is 9.03. The zero-order valence-electron chi connectivity index (χ0n) is 14.1. The monoisotopic (exact) mass is 375 g/mol. The van der Waals surface area contributed by atoms with Crippen LogP contribution in [0.5, 0.6) is 0 Å². The van der Waals surface area contributed by atoms with Crippen LogP contribution in [-0.2, 0) is 13.6 Å². The summed E-state index contributed by atoms with van der Waals surface area (Å²) >= 11 is 1.86. The molecule has 0 aromatic carbocycles. The van der Waals surface area contributed by atoms with Crippen LogP contribution in [0.3, 0.4) is 0 Å². The van der Waals surface area contributed by atoms with Gasteiger partial charge in [-0.2, -0.15) is 5.10 Å². The van der Waals surface area contributed by atoms with Gasteiger partial charge in [-0.1, -0.05) is 6.07 Å². The lowest BCUT2D eigenvalue weighted by molar-refractivity contribution is 0.155. The molecular formula is C18H22ClN5S. The number of nitrogens with zero attached hydrogens (tertiary/aromatic N) is 4. The summed E-state index contributed by atoms with van der Waals surface area (Å²) in [5.41, 5.74) is 2.48. The van der Waals surface area contributed by atoms with Crippen LogP contribution in [0.1, 0.15) is 16.5 Å². The van der Waals surface area contributed by atoms with Gasteiger partial charge in [-0.25, -0.2) is 0 Å². The van der Waals surface area contributed by atoms with Gasteiger partial charge >= 0.3 is 0 Å². The second-order valence-corrected chi connectivity index (χ2v) is 7.31. The first-order chi connectivity index (χ1) is 11.8. The van der Waals surface area contributed by atoms with E-state index in [-0.39, 0.29) is 12.4 Å². The smallest absolute Gasteiger partial charge is 0.0576 e. The zero-order valence-corrected chi connectivity index (χ0v) is 15.8. The lowest BCUT2D eigenvalue weighted by atomic mass is 10.1. The van der Waals surface area contributed by atoms with Gasteiger partial charge in [0, 0.05) is 73.2 Å². The molecule has 0 saturated carbocycles. The average Bonchev–Trinajstić information content (AvgIpc) is 3.25. The maximum Gasteiger partial charge on any atom is 0.0576 e. The molecule has 0 aliphatic carbocycles. The number of rotatable bonds is 4. The van der Waals surface area contributed by atoms with Crippen molar-refractivity contribution in [1.82, 2.24) is 25.0 Å². The maximum absolute atomic E-state index is 4.29. The number of aryl methyl sites for hydroxylation is 1. The SMILES string of the molecule is Cl.Cn1cc(-c2ccc(CN3CCNCC3c3cccnc3)s2)cn1. The Morgan fingerprint density at radius 3 is 2.96 bits per heavy atom. The topological polar surface area (TPSA) is 46.0 Å². The highest BCUT2D eigenvalue weighted by Crippen LogP contribution is 2.30. The van der Waals surface area contributed by atoms with Crippen molar-refractivity contribution in [2.45, 2.75) is 12.6 Å². The Hall–Kier alpha value is -1.73. The molecule has 0 radical (unpaired) electrons. The second-order valence-electron chi connectivity index (χ2n) is 6.15. The predicted molar refractivity (Wildman–Crippen MR) is 104 cm³/mol. The molecule has 4 rings (SSSR count). The predicted octanol–water partition coefficient (Wildman–Crippen LogP) is 3.11. The number of nitrogens with one attached hydrogen (secondary N) is 1. The van der Waals surface area contributed by atoms with E-state index >= 15 is 0 Å². The molecule has 4 heterocycles. The minimum Gasteiger partial charge on any atom is -0.314 e. The second kappa shape index (κ2) is 8.10. The van der Waals surface area contributed by atoms with Crippen molar-refractivity contribution in [3.05, 3.63) is 59.5 Å². The van der Waals surface area contributed by atoms with E-state index in [1.165, 1.54) is 20.9 Å². The Balaban J connectivity index is 0.00000182. The highest BCUT2D eigenvalue weighted by molar-refractivity contribution is 7.15. The zero-order chi connectivity index (χ0) is 16.4. The fourth-order valence-corrected chi connectivity index (χ4v) is 4.21. The lowest BCUT2D eigenvalue weighted by Gasteiger charge is -2.36. The highest BCUT2D eigenvalue weighted by Gasteiger charge is 2.24. The Bertz CT molecular complexity index is 801. The lowest BCUT2D eigenvalue weighted by Crippen LogP contribution is -2.45. The standard InChI is InChI=1S/C18H21N5S.ClH/c1-22-12-15(10-21-22)18-5-4-16(24-18)13-23-8-7-20-11-17(23)14-3-2-6-19-9-14;/h2-6,9-10,12,17,20H,7-8,11,13H2,1H3;1H. The molecule has 0 amide bonds. The van der Waals surface area contributed by atoms with Gasteiger partial charge in [-0.05, 0) is 23.8 Å². The van der Waals surface area contributed by atoms with Gasteiger partial charge in [0.05, 0.1) is 6.20 Å². The van der Waals surface area contributed by atoms with Crippen LogP contribution >= 0.6 is 23.7 Å². The van der Waals surface area contributed by atoms with Crippen molar-refractivity contribution >= 4 is 23.7 Å². The van der Waals surface area contributed by atoms with E-state index < -0.39 is 0 Å². The molecule has 0 spiro atoms. The van der Waals surface area contributed by atoms with Crippen molar-refractivity contribution in [3.63, 3.8) is 0 Å². The van der Waals surface area contributed by atoms with E-state index in [1.54, 1.807) is 0 Å². The van der Waals surface area contributed by atoms with E-state index in [4.69, 9.17) is 0 Å². The fourth-order valence-electron chi connectivity index (χ4n) is 3.20. The van der Waals surface area contributed by atoms with E-state index in [0.29, 0.717) is 6.04 Å². The van der Waals surface area contributed by atoms with Gasteiger partial charge in [-0.3, -0.25) is 14.6 Å². The molecule has 1 aliphatic rings. The minimum absolute atomic E-state index is 0. The van der Waals surface area contributed by atoms with Crippen LogP contribution in [0.25, 0.3) is 10.4 Å². The Morgan fingerprint density at radius 2 is 2.20 bits per heavy atom. The van der Waals surface area contributed by atoms with Gasteiger partial charge in [0.2, 0.25) is 0 Å². The summed E-state index contributed by atoms with van der Waals surface area (Å²) in [4.78, 5) is 9.51. The van der Waals surface area contributed by atoms with Crippen molar-refractivity contribution < 1.29 is 0 Å². The molecule has 25 heavy (non-hydrogen) atoms. The van der Waals surface area contributed by atoms with E-state index in [0.717, 1.165) is 26.2 Å². The quantitative estimate of drug-likeness (QED) is 0.761. The summed E-state index contributed by atoms with van der Waals surface area (Å²) in [5, 5.41) is 7.77. The van der Waals surface area contributed by atoms with Gasteiger partial charge in [0.25, 0.3) is 0 Å². The number of pyridine rings is 1. The van der Waals surface area contributed by atoms with Gasteiger partial charge in [-0.15, -0.1) is 23.7 Å². The number of hydrogen-bond acceptors (Lipinski definition) is 5. The van der Waals surface area contributed by atoms with E-state index in [2.05, 4.69) is 44.7 Å². The Labute approximate surface area is 158 Å². The van der Waals surface area contributed by atoms with Gasteiger partial charge in [0.1, 0.15) is 0 Å². The van der Waals surface area contributed by atoms with Crippen LogP contribution in [0, 0.1) is 0 Å². The van der Waals surface area contributed by atoms with Crippen LogP contribution in [0.4, 0.5) is 0 Å². The molecule has 1 aliphatic heterocycles. The third kappa shape index (κ3) is 4.10. The van der Waals surface area contributed by atoms with Crippen molar-refractivity contribution in [2.75, 3.05) is 19.6 Å². The fraction of sp³-hybridized carbons (Fsp3) is 0.333. The van der Waals surface area contributed by atoms with Crippen LogP contribution < -0.4 is 5.32 Å². The molecule has 1 fully saturated rings. The first-order valence-electron chi connectivity index (χ1n) is 8.22. The number of thiophene rings is 1. The molecule has 132 valence electrons. The molecule has 1 N–H and O–H groups in total. The average molecular weight is 376 g/mol. The van der Waals surface area contributed by atoms with Crippen molar-refractivity contribution in [3.8, 4) is 10.4 Å². The molecule has 3 aromatic rings. The number of halogens is 1. The summed E-state index contributed by atoms with van der Waals surface area (Å²) in [5.74, 6) is 0. The Kier molecular flexibility index (Phi) is 5.86. The van der Waals surface area contributed by atoms with Crippen molar-refractivity contribution in [2.24, 2.45) is 7.05 Å². The summed E-state index contributed by atoms with van der Waals surface area (Å²) in [6.45, 7) is 4.05. The maximum atomic E-state index is 4.29. The molecular weight excluding hydrogens is 354 g/mol. The summed E-state index contributed by atoms with van der Waals surface area (Å²) < 4.78 is 1.85. The molecule has 3 aromatic heterocycles. The number of piperazine rings is 1. The first kappa shape index (κ1) is 18.1. The van der Waals surface area contributed by atoms with Gasteiger partial charge < -0.3 is 5.32 Å². The van der Waals surface area contributed by atoms with Crippen LogP contribution in [-0.4, -0.2) is 39.3 Å². The summed E-state index contributed by atoms with van der Waals surface area (Å²) in [7, 11) is 1.96. The molecule has 1 unspecified atom stereocenters. The first-order valence-corrected chi connectivity index (χ1v) is 9.04. The van der Waals surface area contributed by atoms with Crippen LogP contribution in [0.2, 0.25) is 0 Å². The number of aromatic nitrogens is 3. The molecule has 7 heteroatoms. The highest BCUT2D eigenvalue weighted by atomic mass is 35.5. The molecule has 5 nitrogen and oxygen atoms in total. The van der Waals surface area contributed by atoms with Crippen molar-refractivity contribution in [1.29, 1.82) is 0 Å². The minimum atomic E-state index is 0.